The number of benzene rings is 1. The van der Waals surface area contributed by atoms with E-state index < -0.39 is 17.3 Å². The Morgan fingerprint density at radius 3 is 2.28 bits per heavy atom. The van der Waals surface area contributed by atoms with E-state index in [1.165, 1.54) is 0 Å². The van der Waals surface area contributed by atoms with E-state index in [4.69, 9.17) is 14.2 Å². The van der Waals surface area contributed by atoms with Gasteiger partial charge in [-0.25, -0.2) is 0 Å². The molecule has 0 aliphatic carbocycles. The predicted octanol–water partition coefficient (Wildman–Crippen LogP) is 1.57. The van der Waals surface area contributed by atoms with Crippen LogP contribution >= 0.6 is 0 Å². The minimum atomic E-state index is -1.07. The Bertz CT molecular complexity index is 573. The number of nitrogens with zero attached hydrogens (tertiary/aromatic N) is 1. The van der Waals surface area contributed by atoms with Crippen LogP contribution in [0.1, 0.15) is 31.7 Å². The van der Waals surface area contributed by atoms with Crippen molar-refractivity contribution in [1.82, 2.24) is 4.90 Å². The lowest BCUT2D eigenvalue weighted by atomic mass is 9.75. The van der Waals surface area contributed by atoms with Crippen molar-refractivity contribution in [3.8, 4) is 11.5 Å². The molecule has 2 fully saturated rings. The van der Waals surface area contributed by atoms with E-state index in [0.717, 1.165) is 36.7 Å². The Hall–Kier alpha value is -1.34. The highest BCUT2D eigenvalue weighted by Crippen LogP contribution is 2.40. The number of hydrogen-bond donors (Lipinski definition) is 2. The second kappa shape index (κ2) is 7.11. The molecule has 2 aliphatic heterocycles. The van der Waals surface area contributed by atoms with Crippen LogP contribution in [0.2, 0.25) is 0 Å². The van der Waals surface area contributed by atoms with Gasteiger partial charge in [-0.2, -0.15) is 0 Å². The van der Waals surface area contributed by atoms with Crippen molar-refractivity contribution in [2.75, 3.05) is 33.9 Å². The zero-order valence-electron chi connectivity index (χ0n) is 15.3. The number of piperidine rings is 1. The van der Waals surface area contributed by atoms with Gasteiger partial charge in [0.25, 0.3) is 0 Å². The zero-order valence-corrected chi connectivity index (χ0v) is 15.3. The molecule has 2 heterocycles. The van der Waals surface area contributed by atoms with Gasteiger partial charge in [-0.05, 0) is 37.5 Å². The van der Waals surface area contributed by atoms with Crippen LogP contribution in [0.15, 0.2) is 18.2 Å². The summed E-state index contributed by atoms with van der Waals surface area (Å²) in [5, 5.41) is 21.0. The van der Waals surface area contributed by atoms with E-state index in [9.17, 15) is 10.2 Å². The molecule has 0 aromatic heterocycles. The fraction of sp³-hybridized carbons (Fsp3) is 0.684. The van der Waals surface area contributed by atoms with Crippen LogP contribution in [0.3, 0.4) is 0 Å². The summed E-state index contributed by atoms with van der Waals surface area (Å²) in [4.78, 5) is 2.33. The van der Waals surface area contributed by atoms with Crippen LogP contribution in [0, 0.1) is 0 Å². The molecule has 1 spiro atoms. The molecule has 0 unspecified atom stereocenters. The van der Waals surface area contributed by atoms with E-state index in [-0.39, 0.29) is 0 Å². The monoisotopic (exact) mass is 351 g/mol. The van der Waals surface area contributed by atoms with Gasteiger partial charge in [0.15, 0.2) is 0 Å². The minimum absolute atomic E-state index is 0.475. The molecular weight excluding hydrogens is 322 g/mol. The van der Waals surface area contributed by atoms with E-state index >= 15 is 0 Å². The van der Waals surface area contributed by atoms with Crippen LogP contribution in [0.25, 0.3) is 0 Å². The molecule has 2 N–H and O–H groups in total. The third-order valence-electron chi connectivity index (χ3n) is 5.60. The van der Waals surface area contributed by atoms with Crippen LogP contribution < -0.4 is 9.47 Å². The smallest absolute Gasteiger partial charge is 0.122 e. The first-order chi connectivity index (χ1) is 11.9. The number of hydrogen-bond acceptors (Lipinski definition) is 6. The highest BCUT2D eigenvalue weighted by atomic mass is 16.5. The topological polar surface area (TPSA) is 71.4 Å². The van der Waals surface area contributed by atoms with Crippen molar-refractivity contribution in [2.24, 2.45) is 0 Å². The number of rotatable bonds is 4. The van der Waals surface area contributed by atoms with Crippen molar-refractivity contribution >= 4 is 0 Å². The zero-order chi connectivity index (χ0) is 18.1. The highest BCUT2D eigenvalue weighted by Gasteiger charge is 2.52. The third-order valence-corrected chi connectivity index (χ3v) is 5.60. The van der Waals surface area contributed by atoms with Crippen molar-refractivity contribution in [1.29, 1.82) is 0 Å². The normalized spacial score (nSPS) is 29.6. The third kappa shape index (κ3) is 3.77. The van der Waals surface area contributed by atoms with Gasteiger partial charge in [-0.15, -0.1) is 0 Å². The van der Waals surface area contributed by atoms with E-state index in [0.29, 0.717) is 25.9 Å². The lowest BCUT2D eigenvalue weighted by Gasteiger charge is -2.51. The quantitative estimate of drug-likeness (QED) is 0.858. The van der Waals surface area contributed by atoms with Crippen LogP contribution in [-0.2, 0) is 11.3 Å². The molecule has 0 radical (unpaired) electrons. The molecule has 2 saturated heterocycles. The molecule has 140 valence electrons. The molecule has 2 atom stereocenters. The highest BCUT2D eigenvalue weighted by molar-refractivity contribution is 5.38. The molecule has 0 saturated carbocycles. The lowest BCUT2D eigenvalue weighted by Crippen LogP contribution is -2.64. The fourth-order valence-corrected chi connectivity index (χ4v) is 3.97. The summed E-state index contributed by atoms with van der Waals surface area (Å²) in [5.41, 5.74) is -0.561. The first-order valence-corrected chi connectivity index (χ1v) is 8.87. The molecule has 6 heteroatoms. The summed E-state index contributed by atoms with van der Waals surface area (Å²) < 4.78 is 16.6. The number of aliphatic hydroxyl groups is 2. The van der Waals surface area contributed by atoms with Crippen molar-refractivity contribution in [2.45, 2.75) is 50.0 Å². The number of methoxy groups -OCH3 is 2. The second-order valence-corrected chi connectivity index (χ2v) is 7.42. The Labute approximate surface area is 149 Å². The lowest BCUT2D eigenvalue weighted by molar-refractivity contribution is -0.246. The summed E-state index contributed by atoms with van der Waals surface area (Å²) in [6, 6.07) is 5.90. The fourth-order valence-electron chi connectivity index (χ4n) is 3.97. The summed E-state index contributed by atoms with van der Waals surface area (Å²) in [5.74, 6) is 1.56. The van der Waals surface area contributed by atoms with Crippen molar-refractivity contribution < 1.29 is 24.4 Å². The van der Waals surface area contributed by atoms with Gasteiger partial charge in [-0.3, -0.25) is 4.90 Å². The molecule has 2 aliphatic rings. The van der Waals surface area contributed by atoms with Gasteiger partial charge in [-0.1, -0.05) is 0 Å². The summed E-state index contributed by atoms with van der Waals surface area (Å²) in [6.45, 7) is 4.61. The van der Waals surface area contributed by atoms with Crippen LogP contribution in [0.4, 0.5) is 0 Å². The molecule has 0 bridgehead atoms. The van der Waals surface area contributed by atoms with Crippen LogP contribution in [-0.4, -0.2) is 66.3 Å². The first-order valence-electron chi connectivity index (χ1n) is 8.87. The Balaban J connectivity index is 1.65. The molecule has 3 rings (SSSR count). The summed E-state index contributed by atoms with van der Waals surface area (Å²) in [7, 11) is 3.30. The van der Waals surface area contributed by atoms with Gasteiger partial charge in [0, 0.05) is 32.1 Å². The predicted molar refractivity (Wildman–Crippen MR) is 94.0 cm³/mol. The maximum atomic E-state index is 10.6. The summed E-state index contributed by atoms with van der Waals surface area (Å²) >= 11 is 0. The van der Waals surface area contributed by atoms with Crippen molar-refractivity contribution in [3.05, 3.63) is 23.8 Å². The number of ether oxygens (including phenoxy) is 3. The number of aliphatic hydroxyl groups excluding tert-OH is 1. The SMILES string of the molecule is COc1cc(CN2CCC3(CC2)OCC[C@@](C)(O)[C@@H]3O)cc(OC)c1. The Morgan fingerprint density at radius 2 is 1.72 bits per heavy atom. The van der Waals surface area contributed by atoms with Gasteiger partial charge in [0.1, 0.15) is 17.6 Å². The van der Waals surface area contributed by atoms with Gasteiger partial charge in [0.05, 0.1) is 32.0 Å². The van der Waals surface area contributed by atoms with Crippen molar-refractivity contribution in [3.63, 3.8) is 0 Å². The molecule has 1 aromatic rings. The largest absolute Gasteiger partial charge is 0.497 e. The second-order valence-electron chi connectivity index (χ2n) is 7.42. The van der Waals surface area contributed by atoms with E-state index in [1.54, 1.807) is 21.1 Å². The molecular formula is C19H29NO5. The van der Waals surface area contributed by atoms with Gasteiger partial charge in [0.2, 0.25) is 0 Å². The first kappa shape index (κ1) is 18.5. The maximum absolute atomic E-state index is 10.6. The average Bonchev–Trinajstić information content (AvgIpc) is 2.61. The maximum Gasteiger partial charge on any atom is 0.122 e. The van der Waals surface area contributed by atoms with Gasteiger partial charge < -0.3 is 24.4 Å². The Kier molecular flexibility index (Phi) is 5.25. The molecule has 25 heavy (non-hydrogen) atoms. The molecule has 0 amide bonds. The van der Waals surface area contributed by atoms with E-state index in [1.807, 2.05) is 18.2 Å². The standard InChI is InChI=1S/C19H29NO5/c1-18(22)6-9-25-19(17(18)21)4-7-20(8-5-19)13-14-10-15(23-2)12-16(11-14)24-3/h10-12,17,21-22H,4-9,13H2,1-3H3/t17-,18+/m0/s1. The minimum Gasteiger partial charge on any atom is -0.497 e. The molecule has 6 nitrogen and oxygen atoms in total. The Morgan fingerprint density at radius 1 is 1.12 bits per heavy atom. The molecule has 1 aromatic carbocycles. The average molecular weight is 351 g/mol. The van der Waals surface area contributed by atoms with E-state index in [2.05, 4.69) is 4.90 Å². The van der Waals surface area contributed by atoms with Crippen LogP contribution in [0.5, 0.6) is 11.5 Å². The number of likely N-dealkylation sites (tertiary alicyclic amines) is 1. The van der Waals surface area contributed by atoms with Gasteiger partial charge >= 0.3 is 0 Å². The summed E-state index contributed by atoms with van der Waals surface area (Å²) in [6.07, 6.45) is 1.06.